The van der Waals surface area contributed by atoms with Crippen molar-refractivity contribution in [2.75, 3.05) is 13.2 Å². The summed E-state index contributed by atoms with van der Waals surface area (Å²) in [6.07, 6.45) is 0.215. The highest BCUT2D eigenvalue weighted by atomic mass is 127. The molecule has 0 saturated carbocycles. The Morgan fingerprint density at radius 2 is 1.44 bits per heavy atom. The molecule has 0 spiro atoms. The highest BCUT2D eigenvalue weighted by Crippen LogP contribution is 2.37. The van der Waals surface area contributed by atoms with Crippen LogP contribution >= 0.6 is 90.4 Å². The number of ether oxygens (including phenoxy) is 3. The van der Waals surface area contributed by atoms with Crippen molar-refractivity contribution in [1.29, 1.82) is 0 Å². The maximum Gasteiger partial charge on any atom is 0.337 e. The van der Waals surface area contributed by atoms with E-state index in [1.807, 2.05) is 12.1 Å². The van der Waals surface area contributed by atoms with Crippen LogP contribution in [0.1, 0.15) is 19.4 Å². The first-order chi connectivity index (χ1) is 15.9. The number of hydrogen-bond donors (Lipinski definition) is 2. The highest BCUT2D eigenvalue weighted by molar-refractivity contribution is 14.1. The third-order valence-corrected chi connectivity index (χ3v) is 7.55. The van der Waals surface area contributed by atoms with E-state index in [0.717, 1.165) is 12.7 Å². The van der Waals surface area contributed by atoms with Crippen molar-refractivity contribution < 1.29 is 33.7 Å². The zero-order valence-electron chi connectivity index (χ0n) is 18.1. The maximum absolute atomic E-state index is 12.1. The normalized spacial score (nSPS) is 11.9. The number of carbonyl (C=O) groups is 3. The molecule has 184 valence electrons. The number of rotatable bonds is 11. The molecule has 0 amide bonds. The number of carboxylic acids is 1. The van der Waals surface area contributed by atoms with Crippen molar-refractivity contribution in [3.8, 4) is 17.2 Å². The van der Waals surface area contributed by atoms with E-state index in [4.69, 9.17) is 25.1 Å². The van der Waals surface area contributed by atoms with Crippen LogP contribution in [0.2, 0.25) is 0 Å². The van der Waals surface area contributed by atoms with Gasteiger partial charge in [0.2, 0.25) is 0 Å². The van der Waals surface area contributed by atoms with Crippen LogP contribution in [0, 0.1) is 20.2 Å². The molecule has 0 bridgehead atoms. The molecule has 3 N–H and O–H groups in total. The Hall–Kier alpha value is -0.310. The summed E-state index contributed by atoms with van der Waals surface area (Å²) in [5.41, 5.74) is 6.45. The van der Waals surface area contributed by atoms with Gasteiger partial charge in [0.05, 0.1) is 14.3 Å². The Morgan fingerprint density at radius 1 is 0.912 bits per heavy atom. The molecule has 0 saturated heterocycles. The Labute approximate surface area is 251 Å². The number of nitrogens with two attached hydrogens (primary N) is 1. The van der Waals surface area contributed by atoms with Crippen molar-refractivity contribution in [2.24, 2.45) is 11.7 Å². The van der Waals surface area contributed by atoms with Crippen LogP contribution in [0.15, 0.2) is 24.3 Å². The van der Waals surface area contributed by atoms with Gasteiger partial charge in [-0.3, -0.25) is 9.59 Å². The first kappa shape index (κ1) is 29.9. The Morgan fingerprint density at radius 3 is 1.94 bits per heavy atom. The molecule has 0 heterocycles. The fraction of sp³-hybridized carbons (Fsp3) is 0.318. The van der Waals surface area contributed by atoms with Crippen LogP contribution in [-0.2, 0) is 25.5 Å². The van der Waals surface area contributed by atoms with Gasteiger partial charge in [0.1, 0.15) is 25.0 Å². The maximum atomic E-state index is 12.1. The van der Waals surface area contributed by atoms with Crippen LogP contribution in [0.5, 0.6) is 17.2 Å². The van der Waals surface area contributed by atoms with Crippen molar-refractivity contribution in [3.05, 3.63) is 44.1 Å². The topological polar surface area (TPSA) is 125 Å². The van der Waals surface area contributed by atoms with Crippen LogP contribution < -0.4 is 15.2 Å². The molecule has 2 aromatic rings. The molecule has 0 fully saturated rings. The second kappa shape index (κ2) is 13.8. The summed E-state index contributed by atoms with van der Waals surface area (Å²) in [6, 6.07) is 6.20. The number of esters is 1. The monoisotopic (exact) mass is 919 g/mol. The van der Waals surface area contributed by atoms with Gasteiger partial charge < -0.3 is 25.1 Å². The Bertz CT molecular complexity index is 1040. The molecule has 0 unspecified atom stereocenters. The van der Waals surface area contributed by atoms with Crippen LogP contribution in [-0.4, -0.2) is 42.1 Å². The first-order valence-electron chi connectivity index (χ1n) is 9.83. The zero-order chi connectivity index (χ0) is 25.6. The Kier molecular flexibility index (Phi) is 12.2. The molecular weight excluding hydrogens is 898 g/mol. The number of carbonyl (C=O) groups excluding carboxylic acids is 2. The van der Waals surface area contributed by atoms with E-state index < -0.39 is 18.0 Å². The molecule has 0 radical (unpaired) electrons. The number of aliphatic carboxylic acids is 1. The van der Waals surface area contributed by atoms with E-state index in [9.17, 15) is 14.4 Å². The van der Waals surface area contributed by atoms with Crippen molar-refractivity contribution in [2.45, 2.75) is 26.3 Å². The Balaban J connectivity index is 2.11. The summed E-state index contributed by atoms with van der Waals surface area (Å²) in [5.74, 6) is -0.312. The smallest absolute Gasteiger partial charge is 0.337 e. The van der Waals surface area contributed by atoms with Gasteiger partial charge in [-0.1, -0.05) is 13.8 Å². The molecule has 8 nitrogen and oxygen atoms in total. The van der Waals surface area contributed by atoms with Gasteiger partial charge in [-0.05, 0) is 127 Å². The van der Waals surface area contributed by atoms with E-state index in [2.05, 4.69) is 90.4 Å². The van der Waals surface area contributed by atoms with E-state index in [0.29, 0.717) is 24.4 Å². The molecule has 0 aliphatic heterocycles. The van der Waals surface area contributed by atoms with Crippen LogP contribution in [0.25, 0.3) is 0 Å². The molecule has 1 atom stereocenters. The predicted octanol–water partition coefficient (Wildman–Crippen LogP) is 5.00. The third kappa shape index (κ3) is 8.97. The molecule has 2 rings (SSSR count). The molecule has 12 heteroatoms. The first-order valence-corrected chi connectivity index (χ1v) is 14.1. The number of benzene rings is 2. The molecule has 0 aromatic heterocycles. The summed E-state index contributed by atoms with van der Waals surface area (Å²) in [5, 5.41) is 9.04. The van der Waals surface area contributed by atoms with Gasteiger partial charge in [0, 0.05) is 5.92 Å². The molecule has 34 heavy (non-hydrogen) atoms. The minimum atomic E-state index is -1.05. The molecule has 0 aliphatic carbocycles. The summed E-state index contributed by atoms with van der Waals surface area (Å²) in [7, 11) is 0. The predicted molar refractivity (Wildman–Crippen MR) is 159 cm³/mol. The van der Waals surface area contributed by atoms with Crippen molar-refractivity contribution in [3.63, 3.8) is 0 Å². The summed E-state index contributed by atoms with van der Waals surface area (Å²) in [4.78, 5) is 34.8. The second-order valence-corrected chi connectivity index (χ2v) is 12.1. The number of carboxylic acid groups (broad SMARTS) is 1. The number of hydrogen-bond acceptors (Lipinski definition) is 7. The average molecular weight is 919 g/mol. The summed E-state index contributed by atoms with van der Waals surface area (Å²) < 4.78 is 19.6. The third-order valence-electron chi connectivity index (χ3n) is 4.35. The SMILES string of the molecule is CC(C)C(=O)COCC(=O)Oc1c(I)cc(Oc2c(I)cc(C[C@H](N)C(=O)O)cc2I)cc1I. The van der Waals surface area contributed by atoms with Crippen molar-refractivity contribution >= 4 is 108 Å². The van der Waals surface area contributed by atoms with Crippen molar-refractivity contribution in [1.82, 2.24) is 0 Å². The number of ketones is 1. The van der Waals surface area contributed by atoms with E-state index in [1.165, 1.54) is 0 Å². The second-order valence-electron chi connectivity index (χ2n) is 7.44. The van der Waals surface area contributed by atoms with Gasteiger partial charge in [-0.2, -0.15) is 0 Å². The van der Waals surface area contributed by atoms with Crippen LogP contribution in [0.4, 0.5) is 0 Å². The zero-order valence-corrected chi connectivity index (χ0v) is 26.7. The number of halogens is 4. The molecule has 0 aliphatic rings. The lowest BCUT2D eigenvalue weighted by atomic mass is 10.1. The number of Topliss-reactive ketones (excluding diaryl/α,β-unsaturated/α-hetero) is 1. The lowest BCUT2D eigenvalue weighted by Gasteiger charge is -2.15. The van der Waals surface area contributed by atoms with E-state index in [-0.39, 0.29) is 31.3 Å². The quantitative estimate of drug-likeness (QED) is 0.184. The van der Waals surface area contributed by atoms with E-state index in [1.54, 1.807) is 26.0 Å². The lowest BCUT2D eigenvalue weighted by Crippen LogP contribution is -2.32. The fourth-order valence-corrected chi connectivity index (χ4v) is 6.57. The minimum absolute atomic E-state index is 0.0829. The minimum Gasteiger partial charge on any atom is -0.480 e. The highest BCUT2D eigenvalue weighted by Gasteiger charge is 2.18. The van der Waals surface area contributed by atoms with Crippen LogP contribution in [0.3, 0.4) is 0 Å². The van der Waals surface area contributed by atoms with Gasteiger partial charge in [-0.15, -0.1) is 0 Å². The summed E-state index contributed by atoms with van der Waals surface area (Å²) in [6.45, 7) is 3.08. The van der Waals surface area contributed by atoms with Gasteiger partial charge in [-0.25, -0.2) is 4.79 Å². The average Bonchev–Trinajstić information content (AvgIpc) is 2.73. The van der Waals surface area contributed by atoms with Gasteiger partial charge in [0.15, 0.2) is 17.3 Å². The molecular formula is C22H21I4NO7. The molecule has 2 aromatic carbocycles. The fourth-order valence-electron chi connectivity index (χ4n) is 2.52. The largest absolute Gasteiger partial charge is 0.480 e. The standard InChI is InChI=1S/C22H21I4NO7/c1-10(2)18(28)8-32-9-19(29)34-21-15(25)6-12(7-16(21)26)33-20-13(23)3-11(4-14(20)24)5-17(27)22(30)31/h3-4,6-7,10,17H,5,8-9,27H2,1-2H3,(H,30,31)/t17-/m0/s1. The van der Waals surface area contributed by atoms with E-state index >= 15 is 0 Å². The lowest BCUT2D eigenvalue weighted by molar-refractivity contribution is -0.141. The van der Waals surface area contributed by atoms with Gasteiger partial charge >= 0.3 is 11.9 Å². The van der Waals surface area contributed by atoms with Gasteiger partial charge in [0.25, 0.3) is 0 Å². The summed E-state index contributed by atoms with van der Waals surface area (Å²) >= 11 is 8.38.